The van der Waals surface area contributed by atoms with Gasteiger partial charge in [-0.05, 0) is 47.7 Å². The Hall–Kier alpha value is -0.620. The van der Waals surface area contributed by atoms with Crippen LogP contribution in [0.2, 0.25) is 0 Å². The van der Waals surface area contributed by atoms with Crippen LogP contribution in [0.4, 0.5) is 0 Å². The zero-order valence-corrected chi connectivity index (χ0v) is 12.5. The second-order valence-electron chi connectivity index (χ2n) is 4.38. The fourth-order valence-electron chi connectivity index (χ4n) is 1.39. The fraction of sp³-hybridized carbons (Fsp3) is 0.538. The van der Waals surface area contributed by atoms with Gasteiger partial charge in [-0.1, -0.05) is 6.07 Å². The lowest BCUT2D eigenvalue weighted by molar-refractivity contribution is 0.119. The van der Waals surface area contributed by atoms with Gasteiger partial charge >= 0.3 is 0 Å². The zero-order valence-electron chi connectivity index (χ0n) is 10.9. The predicted molar refractivity (Wildman–Crippen MR) is 76.9 cm³/mol. The molecule has 1 aromatic rings. The van der Waals surface area contributed by atoms with E-state index in [4.69, 9.17) is 4.74 Å². The van der Waals surface area contributed by atoms with Crippen LogP contribution < -0.4 is 5.32 Å². The number of phenolic OH excluding ortho intramolecular Hbond substituents is 1. The van der Waals surface area contributed by atoms with Crippen LogP contribution in [0.25, 0.3) is 0 Å². The minimum Gasteiger partial charge on any atom is -0.507 e. The van der Waals surface area contributed by atoms with Crippen LogP contribution in [0, 0.1) is 0 Å². The van der Waals surface area contributed by atoms with E-state index in [1.54, 1.807) is 6.07 Å². The quantitative estimate of drug-likeness (QED) is 0.718. The van der Waals surface area contributed by atoms with Crippen LogP contribution in [-0.2, 0) is 11.3 Å². The van der Waals surface area contributed by atoms with Gasteiger partial charge in [0.05, 0.1) is 17.7 Å². The third kappa shape index (κ3) is 6.35. The summed E-state index contributed by atoms with van der Waals surface area (Å²) < 4.78 is 6.20. The first-order chi connectivity index (χ1) is 8.59. The minimum absolute atomic E-state index is 0.269. The molecule has 0 radical (unpaired) electrons. The van der Waals surface area contributed by atoms with Crippen LogP contribution in [0.15, 0.2) is 22.7 Å². The number of hydrogen-bond acceptors (Lipinski definition) is 4. The molecule has 102 valence electrons. The highest BCUT2D eigenvalue weighted by Gasteiger charge is 1.99. The molecule has 0 amide bonds. The molecule has 4 nitrogen and oxygen atoms in total. The van der Waals surface area contributed by atoms with Gasteiger partial charge in [-0.15, -0.1) is 0 Å². The van der Waals surface area contributed by atoms with E-state index < -0.39 is 0 Å². The summed E-state index contributed by atoms with van der Waals surface area (Å²) in [7, 11) is 4.06. The predicted octanol–water partition coefficient (Wildman–Crippen LogP) is 1.82. The summed E-state index contributed by atoms with van der Waals surface area (Å²) in [6.45, 7) is 4.03. The molecule has 0 aliphatic rings. The van der Waals surface area contributed by atoms with E-state index in [0.29, 0.717) is 6.61 Å². The first-order valence-corrected chi connectivity index (χ1v) is 6.79. The van der Waals surface area contributed by atoms with Crippen molar-refractivity contribution in [3.8, 4) is 5.75 Å². The van der Waals surface area contributed by atoms with Gasteiger partial charge in [0.2, 0.25) is 0 Å². The number of ether oxygens (including phenoxy) is 1. The molecular formula is C13H21BrN2O2. The Morgan fingerprint density at radius 3 is 2.78 bits per heavy atom. The average molecular weight is 317 g/mol. The van der Waals surface area contributed by atoms with Gasteiger partial charge < -0.3 is 20.1 Å². The lowest BCUT2D eigenvalue weighted by Crippen LogP contribution is -2.23. The summed E-state index contributed by atoms with van der Waals surface area (Å²) in [5, 5.41) is 12.7. The van der Waals surface area contributed by atoms with Gasteiger partial charge in [-0.2, -0.15) is 0 Å². The van der Waals surface area contributed by atoms with E-state index in [1.807, 2.05) is 26.2 Å². The standard InChI is InChI=1S/C13H21BrN2O2/c1-16(2)6-8-18-7-5-15-10-11-3-4-13(17)12(14)9-11/h3-4,9,15,17H,5-8,10H2,1-2H3. The Morgan fingerprint density at radius 2 is 2.11 bits per heavy atom. The topological polar surface area (TPSA) is 44.7 Å². The molecule has 0 saturated heterocycles. The SMILES string of the molecule is CN(C)CCOCCNCc1ccc(O)c(Br)c1. The van der Waals surface area contributed by atoms with E-state index in [-0.39, 0.29) is 5.75 Å². The van der Waals surface area contributed by atoms with E-state index in [9.17, 15) is 5.11 Å². The van der Waals surface area contributed by atoms with E-state index in [2.05, 4.69) is 26.1 Å². The van der Waals surface area contributed by atoms with Gasteiger partial charge in [0.25, 0.3) is 0 Å². The molecule has 0 saturated carbocycles. The molecule has 1 aromatic carbocycles. The van der Waals surface area contributed by atoms with E-state index in [0.717, 1.165) is 36.3 Å². The lowest BCUT2D eigenvalue weighted by Gasteiger charge is -2.10. The summed E-state index contributed by atoms with van der Waals surface area (Å²) in [5.74, 6) is 0.269. The van der Waals surface area contributed by atoms with Crippen molar-refractivity contribution in [3.63, 3.8) is 0 Å². The van der Waals surface area contributed by atoms with Crippen molar-refractivity contribution in [2.45, 2.75) is 6.54 Å². The molecule has 2 N–H and O–H groups in total. The third-order valence-corrected chi connectivity index (χ3v) is 3.08. The Balaban J connectivity index is 2.09. The number of aromatic hydroxyl groups is 1. The number of hydrogen-bond donors (Lipinski definition) is 2. The number of likely N-dealkylation sites (N-methyl/N-ethyl adjacent to an activating group) is 1. The van der Waals surface area contributed by atoms with Crippen molar-refractivity contribution >= 4 is 15.9 Å². The highest BCUT2D eigenvalue weighted by atomic mass is 79.9. The Bertz CT molecular complexity index is 359. The number of halogens is 1. The van der Waals surface area contributed by atoms with Gasteiger partial charge in [-0.3, -0.25) is 0 Å². The summed E-state index contributed by atoms with van der Waals surface area (Å²) in [4.78, 5) is 2.10. The maximum Gasteiger partial charge on any atom is 0.129 e. The first-order valence-electron chi connectivity index (χ1n) is 6.00. The Kier molecular flexibility index (Phi) is 7.27. The van der Waals surface area contributed by atoms with Crippen LogP contribution in [0.5, 0.6) is 5.75 Å². The first kappa shape index (κ1) is 15.4. The minimum atomic E-state index is 0.269. The molecule has 0 unspecified atom stereocenters. The molecule has 1 rings (SSSR count). The Labute approximate surface area is 117 Å². The van der Waals surface area contributed by atoms with Crippen molar-refractivity contribution in [2.24, 2.45) is 0 Å². The molecule has 5 heteroatoms. The molecule has 0 aliphatic heterocycles. The molecule has 0 aromatic heterocycles. The average Bonchev–Trinajstić information content (AvgIpc) is 2.32. The molecule has 0 fully saturated rings. The van der Waals surface area contributed by atoms with Crippen LogP contribution in [0.3, 0.4) is 0 Å². The van der Waals surface area contributed by atoms with Crippen molar-refractivity contribution in [2.75, 3.05) is 40.4 Å². The second-order valence-corrected chi connectivity index (χ2v) is 5.23. The monoisotopic (exact) mass is 316 g/mol. The zero-order chi connectivity index (χ0) is 13.4. The number of nitrogens with one attached hydrogen (secondary N) is 1. The number of benzene rings is 1. The van der Waals surface area contributed by atoms with Gasteiger partial charge in [0.1, 0.15) is 5.75 Å². The lowest BCUT2D eigenvalue weighted by atomic mass is 10.2. The van der Waals surface area contributed by atoms with Crippen LogP contribution >= 0.6 is 15.9 Å². The summed E-state index contributed by atoms with van der Waals surface area (Å²) in [5.41, 5.74) is 1.13. The second kappa shape index (κ2) is 8.48. The van der Waals surface area contributed by atoms with Crippen LogP contribution in [-0.4, -0.2) is 50.4 Å². The number of rotatable bonds is 8. The molecule has 0 aliphatic carbocycles. The maximum atomic E-state index is 9.37. The van der Waals surface area contributed by atoms with Crippen molar-refractivity contribution in [1.29, 1.82) is 0 Å². The van der Waals surface area contributed by atoms with E-state index in [1.165, 1.54) is 0 Å². The summed E-state index contributed by atoms with van der Waals surface area (Å²) in [6.07, 6.45) is 0. The van der Waals surface area contributed by atoms with Crippen molar-refractivity contribution in [1.82, 2.24) is 10.2 Å². The third-order valence-electron chi connectivity index (χ3n) is 2.45. The largest absolute Gasteiger partial charge is 0.507 e. The number of phenols is 1. The molecule has 0 spiro atoms. The summed E-state index contributed by atoms with van der Waals surface area (Å²) in [6, 6.07) is 5.50. The fourth-order valence-corrected chi connectivity index (χ4v) is 1.81. The van der Waals surface area contributed by atoms with Crippen molar-refractivity contribution in [3.05, 3.63) is 28.2 Å². The molecular weight excluding hydrogens is 296 g/mol. The highest BCUT2D eigenvalue weighted by molar-refractivity contribution is 9.10. The number of nitrogens with zero attached hydrogens (tertiary/aromatic N) is 1. The van der Waals surface area contributed by atoms with E-state index >= 15 is 0 Å². The van der Waals surface area contributed by atoms with Crippen LogP contribution in [0.1, 0.15) is 5.56 Å². The van der Waals surface area contributed by atoms with Crippen molar-refractivity contribution < 1.29 is 9.84 Å². The van der Waals surface area contributed by atoms with Gasteiger partial charge in [0.15, 0.2) is 0 Å². The maximum absolute atomic E-state index is 9.37. The Morgan fingerprint density at radius 1 is 1.33 bits per heavy atom. The normalized spacial score (nSPS) is 11.1. The van der Waals surface area contributed by atoms with Gasteiger partial charge in [0, 0.05) is 19.6 Å². The molecule has 18 heavy (non-hydrogen) atoms. The molecule has 0 atom stereocenters. The van der Waals surface area contributed by atoms with Gasteiger partial charge in [-0.25, -0.2) is 0 Å². The molecule has 0 bridgehead atoms. The summed E-state index contributed by atoms with van der Waals surface area (Å²) >= 11 is 3.30. The molecule has 0 heterocycles. The highest BCUT2D eigenvalue weighted by Crippen LogP contribution is 2.23. The smallest absolute Gasteiger partial charge is 0.129 e.